The summed E-state index contributed by atoms with van der Waals surface area (Å²) >= 11 is 8.05. The molecule has 3 nitrogen and oxygen atoms in total. The highest BCUT2D eigenvalue weighted by atomic mass is 32.1. The van der Waals surface area contributed by atoms with Crippen LogP contribution in [0.25, 0.3) is 0 Å². The molecule has 0 aliphatic carbocycles. The van der Waals surface area contributed by atoms with Gasteiger partial charge in [-0.25, -0.2) is 0 Å². The molecule has 0 saturated heterocycles. The van der Waals surface area contributed by atoms with Gasteiger partial charge in [-0.3, -0.25) is 4.79 Å². The number of rotatable bonds is 1. The Morgan fingerprint density at radius 1 is 1.88 bits per heavy atom. The predicted octanol–water partition coefficient (Wildman–Crippen LogP) is -0.724. The Labute approximate surface area is 58.0 Å². The average Bonchev–Trinajstić information content (AvgIpc) is 1.65. The van der Waals surface area contributed by atoms with Crippen LogP contribution >= 0.6 is 24.8 Å². The molecule has 0 bridgehead atoms. The van der Waals surface area contributed by atoms with Gasteiger partial charge in [-0.05, 0) is 0 Å². The van der Waals surface area contributed by atoms with Gasteiger partial charge in [0.2, 0.25) is 5.91 Å². The number of amides is 1. The van der Waals surface area contributed by atoms with Crippen molar-refractivity contribution in [1.29, 1.82) is 0 Å². The van der Waals surface area contributed by atoms with Crippen molar-refractivity contribution in [2.75, 3.05) is 6.54 Å². The van der Waals surface area contributed by atoms with Crippen LogP contribution in [0.3, 0.4) is 0 Å². The van der Waals surface area contributed by atoms with Gasteiger partial charge in [-0.2, -0.15) is 0 Å². The van der Waals surface area contributed by atoms with E-state index in [0.717, 1.165) is 0 Å². The number of nitrogens with two attached hydrogens (primary N) is 1. The molecule has 0 saturated carbocycles. The summed E-state index contributed by atoms with van der Waals surface area (Å²) in [5.74, 6) is -0.315. The average molecular weight is 150 g/mol. The minimum absolute atomic E-state index is 0.0549. The number of thiocarbonyl (C=S) groups is 1. The van der Waals surface area contributed by atoms with Crippen molar-refractivity contribution >= 4 is 35.1 Å². The maximum Gasteiger partial charge on any atom is 0.239 e. The predicted molar refractivity (Wildman–Crippen MR) is 38.8 cm³/mol. The second-order valence-electron chi connectivity index (χ2n) is 1.06. The molecule has 0 aromatic heterocycles. The third kappa shape index (κ3) is 4.04. The van der Waals surface area contributed by atoms with Crippen molar-refractivity contribution < 1.29 is 4.79 Å². The number of nitrogens with one attached hydrogen (secondary N) is 1. The Morgan fingerprint density at radius 3 is 2.50 bits per heavy atom. The second kappa shape index (κ2) is 3.82. The molecule has 0 aliphatic heterocycles. The van der Waals surface area contributed by atoms with Crippen LogP contribution in [0.15, 0.2) is 0 Å². The number of carbonyl (C=O) groups excluding carboxylic acids is 1. The molecule has 0 atom stereocenters. The van der Waals surface area contributed by atoms with Gasteiger partial charge in [0.05, 0.1) is 6.54 Å². The monoisotopic (exact) mass is 150 g/mol. The lowest BCUT2D eigenvalue weighted by Gasteiger charge is -1.95. The first kappa shape index (κ1) is 7.87. The second-order valence-corrected chi connectivity index (χ2v) is 2.22. The van der Waals surface area contributed by atoms with Crippen LogP contribution in [0.2, 0.25) is 0 Å². The Kier molecular flexibility index (Phi) is 3.76. The molecule has 5 heteroatoms. The summed E-state index contributed by atoms with van der Waals surface area (Å²) in [5, 5.41) is 2.22. The van der Waals surface area contributed by atoms with Gasteiger partial charge in [0.25, 0.3) is 0 Å². The minimum Gasteiger partial charge on any atom is -0.322 e. The fourth-order valence-electron chi connectivity index (χ4n) is 0.170. The Morgan fingerprint density at radius 2 is 2.38 bits per heavy atom. The molecule has 46 valence electrons. The van der Waals surface area contributed by atoms with E-state index in [4.69, 9.17) is 5.73 Å². The van der Waals surface area contributed by atoms with Crippen molar-refractivity contribution in [3.8, 4) is 0 Å². The van der Waals surface area contributed by atoms with E-state index in [-0.39, 0.29) is 16.8 Å². The van der Waals surface area contributed by atoms with Crippen molar-refractivity contribution in [3.63, 3.8) is 0 Å². The largest absolute Gasteiger partial charge is 0.322 e. The van der Waals surface area contributed by atoms with Crippen LogP contribution in [0.4, 0.5) is 0 Å². The van der Waals surface area contributed by atoms with Gasteiger partial charge < -0.3 is 11.1 Å². The maximum absolute atomic E-state index is 10.2. The summed E-state index contributed by atoms with van der Waals surface area (Å²) in [6, 6.07) is 0. The molecule has 0 unspecified atom stereocenters. The molecular weight excluding hydrogens is 144 g/mol. The van der Waals surface area contributed by atoms with Crippen LogP contribution in [-0.4, -0.2) is 16.8 Å². The lowest BCUT2D eigenvalue weighted by atomic mass is 10.6. The molecule has 0 aliphatic rings. The van der Waals surface area contributed by atoms with E-state index in [1.54, 1.807) is 0 Å². The van der Waals surface area contributed by atoms with Crippen LogP contribution in [0, 0.1) is 0 Å². The molecule has 0 rings (SSSR count). The highest BCUT2D eigenvalue weighted by Gasteiger charge is 1.94. The van der Waals surface area contributed by atoms with Crippen LogP contribution in [-0.2, 0) is 4.79 Å². The number of thiol groups is 1. The topological polar surface area (TPSA) is 55.1 Å². The van der Waals surface area contributed by atoms with E-state index in [1.807, 2.05) is 0 Å². The van der Waals surface area contributed by atoms with E-state index < -0.39 is 0 Å². The first-order valence-corrected chi connectivity index (χ1v) is 2.75. The SMILES string of the molecule is NCC(=O)NC(=S)S. The maximum atomic E-state index is 10.2. The summed E-state index contributed by atoms with van der Waals surface area (Å²) in [4.78, 5) is 10.2. The fraction of sp³-hybridized carbons (Fsp3) is 0.333. The first-order chi connectivity index (χ1) is 3.66. The van der Waals surface area contributed by atoms with E-state index in [0.29, 0.717) is 0 Å². The van der Waals surface area contributed by atoms with Crippen molar-refractivity contribution in [1.82, 2.24) is 5.32 Å². The summed E-state index contributed by atoms with van der Waals surface area (Å²) < 4.78 is 0.153. The molecule has 0 fully saturated rings. The third-order valence-electron chi connectivity index (χ3n) is 0.432. The smallest absolute Gasteiger partial charge is 0.239 e. The molecule has 0 radical (unpaired) electrons. The van der Waals surface area contributed by atoms with Crippen molar-refractivity contribution in [2.45, 2.75) is 0 Å². The molecule has 0 heterocycles. The zero-order valence-electron chi connectivity index (χ0n) is 4.05. The number of hydrogen-bond acceptors (Lipinski definition) is 3. The van der Waals surface area contributed by atoms with E-state index in [9.17, 15) is 4.79 Å². The number of carbonyl (C=O) groups is 1. The van der Waals surface area contributed by atoms with Gasteiger partial charge >= 0.3 is 0 Å². The standard InChI is InChI=1S/C3H6N2OS2/c4-1-2(6)5-3(7)8/h1,4H2,(H2,5,6,7,8). The highest BCUT2D eigenvalue weighted by Crippen LogP contribution is 1.74. The van der Waals surface area contributed by atoms with Crippen LogP contribution < -0.4 is 11.1 Å². The quantitative estimate of drug-likeness (QED) is 0.341. The van der Waals surface area contributed by atoms with Gasteiger partial charge in [0.1, 0.15) is 4.32 Å². The summed E-state index contributed by atoms with van der Waals surface area (Å²) in [7, 11) is 0. The van der Waals surface area contributed by atoms with Crippen molar-refractivity contribution in [3.05, 3.63) is 0 Å². The zero-order valence-corrected chi connectivity index (χ0v) is 5.76. The lowest BCUT2D eigenvalue weighted by Crippen LogP contribution is -2.31. The van der Waals surface area contributed by atoms with Crippen LogP contribution in [0.5, 0.6) is 0 Å². The van der Waals surface area contributed by atoms with Crippen LogP contribution in [0.1, 0.15) is 0 Å². The van der Waals surface area contributed by atoms with Gasteiger partial charge in [-0.1, -0.05) is 12.2 Å². The van der Waals surface area contributed by atoms with Crippen molar-refractivity contribution in [2.24, 2.45) is 5.73 Å². The summed E-state index contributed by atoms with van der Waals surface area (Å²) in [5.41, 5.74) is 4.91. The molecule has 0 aromatic carbocycles. The molecule has 0 spiro atoms. The lowest BCUT2D eigenvalue weighted by molar-refractivity contribution is -0.118. The highest BCUT2D eigenvalue weighted by molar-refractivity contribution is 8.11. The zero-order chi connectivity index (χ0) is 6.57. The van der Waals surface area contributed by atoms with E-state index in [2.05, 4.69) is 30.2 Å². The Bertz CT molecular complexity index is 114. The molecule has 8 heavy (non-hydrogen) atoms. The van der Waals surface area contributed by atoms with E-state index in [1.165, 1.54) is 0 Å². The van der Waals surface area contributed by atoms with E-state index >= 15 is 0 Å². The molecule has 1 amide bonds. The Balaban J connectivity index is 3.40. The molecule has 0 aromatic rings. The molecule has 3 N–H and O–H groups in total. The fourth-order valence-corrected chi connectivity index (χ4v) is 0.409. The van der Waals surface area contributed by atoms with Gasteiger partial charge in [0.15, 0.2) is 0 Å². The Hall–Kier alpha value is -0.130. The van der Waals surface area contributed by atoms with Gasteiger partial charge in [-0.15, -0.1) is 12.6 Å². The minimum atomic E-state index is -0.315. The summed E-state index contributed by atoms with van der Waals surface area (Å²) in [6.45, 7) is -0.0549. The molecular formula is C3H6N2OS2. The summed E-state index contributed by atoms with van der Waals surface area (Å²) in [6.07, 6.45) is 0. The first-order valence-electron chi connectivity index (χ1n) is 1.89. The third-order valence-corrected chi connectivity index (χ3v) is 0.646. The van der Waals surface area contributed by atoms with Gasteiger partial charge in [0, 0.05) is 0 Å². The number of hydrogen-bond donors (Lipinski definition) is 3. The normalized spacial score (nSPS) is 8.25.